The van der Waals surface area contributed by atoms with Gasteiger partial charge in [-0.1, -0.05) is 39.3 Å². The largest absolute Gasteiger partial charge is 0.544 e. The monoisotopic (exact) mass is 392 g/mol. The van der Waals surface area contributed by atoms with Crippen molar-refractivity contribution in [1.29, 1.82) is 0 Å². The van der Waals surface area contributed by atoms with Crippen LogP contribution in [-0.4, -0.2) is 35.6 Å². The van der Waals surface area contributed by atoms with E-state index in [4.69, 9.17) is 4.43 Å². The molecular formula is C19H36N2OSi3. The molecule has 1 aromatic heterocycles. The molecule has 0 aliphatic carbocycles. The fourth-order valence-corrected chi connectivity index (χ4v) is 6.19. The molecule has 0 radical (unpaired) electrons. The van der Waals surface area contributed by atoms with Gasteiger partial charge in [-0.3, -0.25) is 0 Å². The molecule has 1 heterocycles. The molecule has 0 fully saturated rings. The standard InChI is InChI=1S/C19H36N2OSi3/c1-23(2,3)20-13-12-16-15-21(24(4,5)6)19-11-10-17(14-18(16)19)22-25(7,8)9/h10-11,14-15,20H,12-13H2,1-9H3. The molecule has 6 heteroatoms. The van der Waals surface area contributed by atoms with Crippen molar-refractivity contribution in [2.24, 2.45) is 0 Å². The smallest absolute Gasteiger partial charge is 0.242 e. The molecule has 0 amide bonds. The van der Waals surface area contributed by atoms with Crippen LogP contribution in [0.2, 0.25) is 58.9 Å². The van der Waals surface area contributed by atoms with Crippen molar-refractivity contribution in [2.75, 3.05) is 6.54 Å². The van der Waals surface area contributed by atoms with E-state index in [0.717, 1.165) is 18.7 Å². The van der Waals surface area contributed by atoms with Gasteiger partial charge in [0, 0.05) is 10.9 Å². The topological polar surface area (TPSA) is 26.2 Å². The summed E-state index contributed by atoms with van der Waals surface area (Å²) in [6, 6.07) is 6.69. The van der Waals surface area contributed by atoms with Gasteiger partial charge in [0.2, 0.25) is 8.32 Å². The Labute approximate surface area is 157 Å². The van der Waals surface area contributed by atoms with Gasteiger partial charge in [0.25, 0.3) is 0 Å². The number of hydrogen-bond donors (Lipinski definition) is 1. The van der Waals surface area contributed by atoms with Crippen LogP contribution in [0.4, 0.5) is 0 Å². The maximum atomic E-state index is 6.25. The van der Waals surface area contributed by atoms with Crippen molar-refractivity contribution in [3.8, 4) is 5.75 Å². The van der Waals surface area contributed by atoms with Gasteiger partial charge in [0.15, 0.2) is 8.24 Å². The Morgan fingerprint density at radius 1 is 0.960 bits per heavy atom. The Kier molecular flexibility index (Phi) is 5.78. The lowest BCUT2D eigenvalue weighted by Gasteiger charge is -2.21. The SMILES string of the molecule is C[Si](C)(C)NCCc1cn([Si](C)(C)C)c2ccc(O[Si](C)(C)C)cc12. The van der Waals surface area contributed by atoms with E-state index in [-0.39, 0.29) is 0 Å². The van der Waals surface area contributed by atoms with Crippen molar-refractivity contribution >= 4 is 35.7 Å². The van der Waals surface area contributed by atoms with Crippen LogP contribution in [0.15, 0.2) is 24.4 Å². The molecular weight excluding hydrogens is 356 g/mol. The molecule has 0 saturated heterocycles. The van der Waals surface area contributed by atoms with Crippen LogP contribution in [0.3, 0.4) is 0 Å². The molecule has 0 spiro atoms. The first-order valence-electron chi connectivity index (χ1n) is 9.35. The molecule has 2 aromatic rings. The van der Waals surface area contributed by atoms with Crippen LogP contribution in [0.25, 0.3) is 10.9 Å². The first-order valence-corrected chi connectivity index (χ1v) is 19.7. The molecule has 0 saturated carbocycles. The van der Waals surface area contributed by atoms with E-state index in [9.17, 15) is 0 Å². The molecule has 1 N–H and O–H groups in total. The van der Waals surface area contributed by atoms with Crippen LogP contribution in [0.1, 0.15) is 5.56 Å². The zero-order valence-corrected chi connectivity index (χ0v) is 20.6. The van der Waals surface area contributed by atoms with Gasteiger partial charge < -0.3 is 13.6 Å². The molecule has 25 heavy (non-hydrogen) atoms. The maximum Gasteiger partial charge on any atom is 0.242 e. The predicted molar refractivity (Wildman–Crippen MR) is 120 cm³/mol. The summed E-state index contributed by atoms with van der Waals surface area (Å²) in [6.07, 6.45) is 3.48. The first-order chi connectivity index (χ1) is 11.3. The summed E-state index contributed by atoms with van der Waals surface area (Å²) < 4.78 is 8.80. The van der Waals surface area contributed by atoms with E-state index < -0.39 is 24.8 Å². The highest BCUT2D eigenvalue weighted by molar-refractivity contribution is 6.75. The zero-order chi connectivity index (χ0) is 19.0. The number of hydrogen-bond acceptors (Lipinski definition) is 2. The number of aromatic nitrogens is 1. The average molecular weight is 393 g/mol. The molecule has 1 aromatic carbocycles. The van der Waals surface area contributed by atoms with Crippen LogP contribution in [0, 0.1) is 0 Å². The quantitative estimate of drug-likeness (QED) is 0.629. The lowest BCUT2D eigenvalue weighted by Crippen LogP contribution is -2.42. The van der Waals surface area contributed by atoms with Crippen molar-refractivity contribution in [2.45, 2.75) is 65.3 Å². The molecule has 0 aliphatic rings. The van der Waals surface area contributed by atoms with Crippen LogP contribution < -0.4 is 9.41 Å². The lowest BCUT2D eigenvalue weighted by molar-refractivity contribution is 0.558. The predicted octanol–water partition coefficient (Wildman–Crippen LogP) is 5.51. The molecule has 3 nitrogen and oxygen atoms in total. The minimum atomic E-state index is -1.59. The van der Waals surface area contributed by atoms with E-state index in [1.807, 2.05) is 0 Å². The third kappa shape index (κ3) is 5.84. The van der Waals surface area contributed by atoms with E-state index in [0.29, 0.717) is 0 Å². The van der Waals surface area contributed by atoms with E-state index in [1.54, 1.807) is 0 Å². The van der Waals surface area contributed by atoms with Crippen molar-refractivity contribution < 1.29 is 4.43 Å². The minimum absolute atomic E-state index is 1.03. The summed E-state index contributed by atoms with van der Waals surface area (Å²) >= 11 is 0. The van der Waals surface area contributed by atoms with Crippen LogP contribution >= 0.6 is 0 Å². The van der Waals surface area contributed by atoms with E-state index in [2.05, 4.69) is 92.5 Å². The molecule has 2 rings (SSSR count). The number of benzene rings is 1. The highest BCUT2D eigenvalue weighted by Crippen LogP contribution is 2.30. The first kappa shape index (κ1) is 20.5. The molecule has 140 valence electrons. The normalized spacial score (nSPS) is 13.5. The second-order valence-electron chi connectivity index (χ2n) is 10.0. The Balaban J connectivity index is 2.41. The Morgan fingerprint density at radius 2 is 1.60 bits per heavy atom. The summed E-state index contributed by atoms with van der Waals surface area (Å²) in [5, 5.41) is 1.37. The molecule has 0 aliphatic heterocycles. The Morgan fingerprint density at radius 3 is 2.12 bits per heavy atom. The van der Waals surface area contributed by atoms with Gasteiger partial charge in [-0.2, -0.15) is 0 Å². The maximum absolute atomic E-state index is 6.25. The van der Waals surface area contributed by atoms with Gasteiger partial charge in [-0.25, -0.2) is 0 Å². The molecule has 0 atom stereocenters. The summed E-state index contributed by atoms with van der Waals surface area (Å²) in [7, 11) is -4.25. The third-order valence-corrected chi connectivity index (χ3v) is 8.03. The van der Waals surface area contributed by atoms with Crippen LogP contribution in [-0.2, 0) is 6.42 Å². The lowest BCUT2D eigenvalue weighted by atomic mass is 10.1. The molecule has 0 unspecified atom stereocenters. The number of fused-ring (bicyclic) bond motifs is 1. The summed E-state index contributed by atoms with van der Waals surface area (Å²) in [4.78, 5) is 3.75. The van der Waals surface area contributed by atoms with E-state index in [1.165, 1.54) is 16.5 Å². The van der Waals surface area contributed by atoms with Gasteiger partial charge in [0.05, 0.1) is 0 Å². The second kappa shape index (κ2) is 7.06. The number of nitrogens with zero attached hydrogens (tertiary/aromatic N) is 1. The highest BCUT2D eigenvalue weighted by atomic mass is 28.4. The van der Waals surface area contributed by atoms with Crippen molar-refractivity contribution in [3.05, 3.63) is 30.0 Å². The summed E-state index contributed by atoms with van der Waals surface area (Å²) in [6.45, 7) is 22.1. The second-order valence-corrected chi connectivity index (χ2v) is 24.1. The fourth-order valence-electron chi connectivity index (χ4n) is 3.02. The average Bonchev–Trinajstić information content (AvgIpc) is 2.74. The van der Waals surface area contributed by atoms with Crippen molar-refractivity contribution in [1.82, 2.24) is 9.22 Å². The summed E-state index contributed by atoms with van der Waals surface area (Å²) in [5.74, 6) is 1.03. The third-order valence-electron chi connectivity index (χ3n) is 4.05. The highest BCUT2D eigenvalue weighted by Gasteiger charge is 2.22. The fraction of sp³-hybridized carbons (Fsp3) is 0.579. The van der Waals surface area contributed by atoms with E-state index >= 15 is 0 Å². The minimum Gasteiger partial charge on any atom is -0.544 e. The van der Waals surface area contributed by atoms with Gasteiger partial charge in [0.1, 0.15) is 14.0 Å². The zero-order valence-electron chi connectivity index (χ0n) is 17.6. The van der Waals surface area contributed by atoms with Gasteiger partial charge in [-0.05, 0) is 62.6 Å². The summed E-state index contributed by atoms with van der Waals surface area (Å²) in [5.41, 5.74) is 2.81. The van der Waals surface area contributed by atoms with Gasteiger partial charge >= 0.3 is 0 Å². The van der Waals surface area contributed by atoms with Gasteiger partial charge in [-0.15, -0.1) is 0 Å². The molecule has 0 bridgehead atoms. The Hall–Kier alpha value is -0.829. The number of rotatable bonds is 7. The van der Waals surface area contributed by atoms with Crippen LogP contribution in [0.5, 0.6) is 5.75 Å². The Bertz CT molecular complexity index is 734. The number of nitrogens with one attached hydrogen (secondary N) is 1. The van der Waals surface area contributed by atoms with Crippen molar-refractivity contribution in [3.63, 3.8) is 0 Å².